The summed E-state index contributed by atoms with van der Waals surface area (Å²) in [6.07, 6.45) is 0. The molecule has 4 nitrogen and oxygen atoms in total. The molecule has 0 unspecified atom stereocenters. The molecule has 2 aromatic carbocycles. The summed E-state index contributed by atoms with van der Waals surface area (Å²) in [6, 6.07) is 17.4. The van der Waals surface area contributed by atoms with Crippen molar-refractivity contribution in [1.29, 1.82) is 0 Å². The number of aryl methyl sites for hydroxylation is 1. The van der Waals surface area contributed by atoms with Crippen LogP contribution in [-0.2, 0) is 0 Å². The first-order chi connectivity index (χ1) is 9.78. The summed E-state index contributed by atoms with van der Waals surface area (Å²) in [5.74, 6) is 7.07. The van der Waals surface area contributed by atoms with Crippen molar-refractivity contribution < 1.29 is 4.74 Å². The Morgan fingerprint density at radius 2 is 1.85 bits per heavy atom. The molecule has 3 rings (SSSR count). The van der Waals surface area contributed by atoms with Crippen molar-refractivity contribution in [2.75, 3.05) is 5.43 Å². The lowest BCUT2D eigenvalue weighted by Gasteiger charge is -2.11. The number of hydrogen-bond acceptors (Lipinski definition) is 4. The van der Waals surface area contributed by atoms with Crippen molar-refractivity contribution >= 4 is 16.6 Å². The zero-order chi connectivity index (χ0) is 13.9. The van der Waals surface area contributed by atoms with Gasteiger partial charge in [0.25, 0.3) is 0 Å². The highest BCUT2D eigenvalue weighted by molar-refractivity contribution is 5.95. The molecular weight excluding hydrogens is 250 g/mol. The first-order valence-electron chi connectivity index (χ1n) is 6.38. The number of nitrogen functional groups attached to an aromatic ring is 1. The number of para-hydroxylation sites is 2. The fraction of sp³-hybridized carbons (Fsp3) is 0.0625. The van der Waals surface area contributed by atoms with Crippen LogP contribution < -0.4 is 16.0 Å². The van der Waals surface area contributed by atoms with Crippen molar-refractivity contribution in [3.63, 3.8) is 0 Å². The molecule has 3 aromatic rings. The number of benzene rings is 2. The molecular formula is C16H15N3O. The zero-order valence-electron chi connectivity index (χ0n) is 11.1. The Morgan fingerprint density at radius 1 is 1.05 bits per heavy atom. The van der Waals surface area contributed by atoms with Gasteiger partial charge < -0.3 is 10.2 Å². The summed E-state index contributed by atoms with van der Waals surface area (Å²) in [6.45, 7) is 1.93. The molecule has 0 atom stereocenters. The van der Waals surface area contributed by atoms with Gasteiger partial charge in [-0.3, -0.25) is 5.84 Å². The van der Waals surface area contributed by atoms with E-state index in [1.54, 1.807) is 0 Å². The number of hydrazine groups is 1. The van der Waals surface area contributed by atoms with Gasteiger partial charge in [-0.15, -0.1) is 0 Å². The topological polar surface area (TPSA) is 60.2 Å². The first kappa shape index (κ1) is 12.4. The molecule has 3 N–H and O–H groups in total. The van der Waals surface area contributed by atoms with Crippen LogP contribution in [0.25, 0.3) is 10.9 Å². The molecule has 0 amide bonds. The molecule has 0 aliphatic rings. The lowest BCUT2D eigenvalue weighted by Crippen LogP contribution is -2.08. The van der Waals surface area contributed by atoms with E-state index in [2.05, 4.69) is 10.4 Å². The summed E-state index contributed by atoms with van der Waals surface area (Å²) < 4.78 is 5.92. The van der Waals surface area contributed by atoms with Gasteiger partial charge in [-0.25, -0.2) is 4.98 Å². The molecule has 0 saturated heterocycles. The molecule has 0 aliphatic carbocycles. The molecule has 1 heterocycles. The number of ether oxygens (including phenoxy) is 1. The van der Waals surface area contributed by atoms with Crippen molar-refractivity contribution in [2.45, 2.75) is 6.92 Å². The van der Waals surface area contributed by atoms with Crippen molar-refractivity contribution in [1.82, 2.24) is 4.98 Å². The highest BCUT2D eigenvalue weighted by Crippen LogP contribution is 2.32. The fourth-order valence-electron chi connectivity index (χ4n) is 2.17. The smallest absolute Gasteiger partial charge is 0.153 e. The highest BCUT2D eigenvalue weighted by atomic mass is 16.5. The number of aromatic nitrogens is 1. The van der Waals surface area contributed by atoms with E-state index in [4.69, 9.17) is 10.6 Å². The monoisotopic (exact) mass is 265 g/mol. The molecule has 100 valence electrons. The van der Waals surface area contributed by atoms with Crippen LogP contribution in [0.4, 0.5) is 5.69 Å². The van der Waals surface area contributed by atoms with Crippen LogP contribution in [-0.4, -0.2) is 4.98 Å². The maximum absolute atomic E-state index is 5.92. The number of rotatable bonds is 3. The maximum Gasteiger partial charge on any atom is 0.153 e. The molecule has 0 fully saturated rings. The van der Waals surface area contributed by atoms with E-state index < -0.39 is 0 Å². The van der Waals surface area contributed by atoms with Crippen molar-refractivity contribution in [3.05, 3.63) is 60.3 Å². The Labute approximate surface area is 117 Å². The van der Waals surface area contributed by atoms with Gasteiger partial charge in [-0.05, 0) is 31.2 Å². The van der Waals surface area contributed by atoms with Crippen LogP contribution in [0.5, 0.6) is 11.5 Å². The van der Waals surface area contributed by atoms with Crippen molar-refractivity contribution in [2.24, 2.45) is 5.84 Å². The summed E-state index contributed by atoms with van der Waals surface area (Å²) in [5, 5.41) is 0.937. The van der Waals surface area contributed by atoms with Crippen molar-refractivity contribution in [3.8, 4) is 11.5 Å². The Kier molecular flexibility index (Phi) is 3.23. The molecule has 1 aromatic heterocycles. The van der Waals surface area contributed by atoms with Gasteiger partial charge in [0.1, 0.15) is 11.3 Å². The minimum Gasteiger partial charge on any atom is -0.455 e. The van der Waals surface area contributed by atoms with Gasteiger partial charge in [-0.2, -0.15) is 0 Å². The van der Waals surface area contributed by atoms with Gasteiger partial charge in [0.2, 0.25) is 0 Å². The Morgan fingerprint density at radius 3 is 2.60 bits per heavy atom. The third-order valence-electron chi connectivity index (χ3n) is 3.06. The maximum atomic E-state index is 5.92. The second-order valence-electron chi connectivity index (χ2n) is 4.52. The van der Waals surface area contributed by atoms with Crippen LogP contribution in [0.1, 0.15) is 5.69 Å². The van der Waals surface area contributed by atoms with Gasteiger partial charge in [0, 0.05) is 11.1 Å². The SMILES string of the molecule is Cc1cc(NN)c2cccc(Oc3ccccc3)c2n1. The standard InChI is InChI=1S/C16H15N3O/c1-11-10-14(19-17)13-8-5-9-15(16(13)18-11)20-12-6-3-2-4-7-12/h2-10H,17H2,1H3,(H,18,19). The highest BCUT2D eigenvalue weighted by Gasteiger charge is 2.09. The molecule has 0 bridgehead atoms. The number of anilines is 1. The summed E-state index contributed by atoms with van der Waals surface area (Å²) in [7, 11) is 0. The summed E-state index contributed by atoms with van der Waals surface area (Å²) in [4.78, 5) is 4.56. The average molecular weight is 265 g/mol. The second-order valence-corrected chi connectivity index (χ2v) is 4.52. The quantitative estimate of drug-likeness (QED) is 0.561. The third-order valence-corrected chi connectivity index (χ3v) is 3.06. The van der Waals surface area contributed by atoms with E-state index >= 15 is 0 Å². The van der Waals surface area contributed by atoms with E-state index in [-0.39, 0.29) is 0 Å². The molecule has 0 spiro atoms. The van der Waals surface area contributed by atoms with E-state index in [0.717, 1.165) is 28.0 Å². The molecule has 0 radical (unpaired) electrons. The molecule has 0 aliphatic heterocycles. The number of nitrogens with two attached hydrogens (primary N) is 1. The Balaban J connectivity index is 2.14. The minimum atomic E-state index is 0.717. The molecule has 4 heteroatoms. The lowest BCUT2D eigenvalue weighted by atomic mass is 10.1. The number of hydrogen-bond donors (Lipinski definition) is 2. The van der Waals surface area contributed by atoms with Crippen LogP contribution in [0.15, 0.2) is 54.6 Å². The summed E-state index contributed by atoms with van der Waals surface area (Å²) >= 11 is 0. The van der Waals surface area contributed by atoms with Crippen LogP contribution in [0.3, 0.4) is 0 Å². The zero-order valence-corrected chi connectivity index (χ0v) is 11.1. The largest absolute Gasteiger partial charge is 0.455 e. The van der Waals surface area contributed by atoms with E-state index in [1.165, 1.54) is 0 Å². The molecule has 0 saturated carbocycles. The Hall–Kier alpha value is -2.59. The normalized spacial score (nSPS) is 10.5. The first-order valence-corrected chi connectivity index (χ1v) is 6.38. The predicted molar refractivity (Wildman–Crippen MR) is 80.8 cm³/mol. The van der Waals surface area contributed by atoms with E-state index in [0.29, 0.717) is 5.75 Å². The fourth-order valence-corrected chi connectivity index (χ4v) is 2.17. The number of fused-ring (bicyclic) bond motifs is 1. The van der Waals surface area contributed by atoms with Crippen LogP contribution in [0, 0.1) is 6.92 Å². The van der Waals surface area contributed by atoms with Gasteiger partial charge in [0.15, 0.2) is 5.75 Å². The van der Waals surface area contributed by atoms with Crippen LogP contribution in [0.2, 0.25) is 0 Å². The minimum absolute atomic E-state index is 0.717. The van der Waals surface area contributed by atoms with E-state index in [1.807, 2.05) is 61.5 Å². The van der Waals surface area contributed by atoms with E-state index in [9.17, 15) is 0 Å². The van der Waals surface area contributed by atoms with Gasteiger partial charge in [0.05, 0.1) is 5.69 Å². The predicted octanol–water partition coefficient (Wildman–Crippen LogP) is 3.62. The third kappa shape index (κ3) is 2.29. The number of pyridine rings is 1. The number of nitrogens with one attached hydrogen (secondary N) is 1. The second kappa shape index (κ2) is 5.19. The van der Waals surface area contributed by atoms with Gasteiger partial charge in [-0.1, -0.05) is 30.3 Å². The Bertz CT molecular complexity index is 741. The molecule has 20 heavy (non-hydrogen) atoms. The lowest BCUT2D eigenvalue weighted by molar-refractivity contribution is 0.487. The number of nitrogens with zero attached hydrogens (tertiary/aromatic N) is 1. The van der Waals surface area contributed by atoms with Gasteiger partial charge >= 0.3 is 0 Å². The summed E-state index contributed by atoms with van der Waals surface area (Å²) in [5.41, 5.74) is 5.22. The average Bonchev–Trinajstić information content (AvgIpc) is 2.48. The van der Waals surface area contributed by atoms with Crippen LogP contribution >= 0.6 is 0 Å².